The molecule has 0 atom stereocenters. The van der Waals surface area contributed by atoms with Crippen LogP contribution in [0.2, 0.25) is 0 Å². The molecule has 2 rings (SSSR count). The molecule has 0 unspecified atom stereocenters. The number of amides is 1. The highest BCUT2D eigenvalue weighted by Gasteiger charge is 2.35. The number of hydrogen-bond acceptors (Lipinski definition) is 4. The first-order valence-corrected chi connectivity index (χ1v) is 8.57. The van der Waals surface area contributed by atoms with Crippen LogP contribution in [0.25, 0.3) is 6.08 Å². The summed E-state index contributed by atoms with van der Waals surface area (Å²) in [5, 5.41) is 11.9. The van der Waals surface area contributed by atoms with Crippen LogP contribution in [0.1, 0.15) is 36.8 Å². The summed E-state index contributed by atoms with van der Waals surface area (Å²) in [5.41, 5.74) is 1.15. The second kappa shape index (κ2) is 8.11. The number of carbonyl (C=O) groups is 2. The van der Waals surface area contributed by atoms with E-state index in [4.69, 9.17) is 4.74 Å². The fourth-order valence-corrected chi connectivity index (χ4v) is 3.28. The van der Waals surface area contributed by atoms with E-state index in [0.29, 0.717) is 12.8 Å². The molecule has 0 aromatic heterocycles. The maximum atomic E-state index is 11.9. The number of nitrogens with one attached hydrogen (secondary N) is 1. The van der Waals surface area contributed by atoms with Gasteiger partial charge >= 0.3 is 5.97 Å². The van der Waals surface area contributed by atoms with Crippen molar-refractivity contribution in [2.24, 2.45) is 0 Å². The number of rotatable bonds is 5. The highest BCUT2D eigenvalue weighted by molar-refractivity contribution is 9.10. The number of ether oxygens (including phenoxy) is 1. The molecule has 0 aliphatic heterocycles. The van der Waals surface area contributed by atoms with Crippen molar-refractivity contribution in [3.63, 3.8) is 0 Å². The van der Waals surface area contributed by atoms with Crippen LogP contribution in [0.4, 0.5) is 0 Å². The zero-order valence-electron chi connectivity index (χ0n) is 13.5. The van der Waals surface area contributed by atoms with Crippen molar-refractivity contribution in [2.75, 3.05) is 6.61 Å². The Kier molecular flexibility index (Phi) is 6.16. The minimum absolute atomic E-state index is 0.387. The van der Waals surface area contributed by atoms with Crippen molar-refractivity contribution in [3.05, 3.63) is 39.9 Å². The third kappa shape index (κ3) is 4.93. The molecule has 0 bridgehead atoms. The van der Waals surface area contributed by atoms with Gasteiger partial charge in [-0.25, -0.2) is 4.79 Å². The average Bonchev–Trinajstić information content (AvgIpc) is 3.01. The summed E-state index contributed by atoms with van der Waals surface area (Å²) in [7, 11) is 0. The first kappa shape index (κ1) is 18.2. The summed E-state index contributed by atoms with van der Waals surface area (Å²) < 4.78 is 5.80. The largest absolute Gasteiger partial charge is 0.452 e. The van der Waals surface area contributed by atoms with E-state index in [1.807, 2.05) is 25.1 Å². The standard InChI is InChI=1S/C18H19BrN2O3/c1-13-4-5-14(15(19)10-13)6-7-17(23)24-11-16(22)21-18(12-20)8-2-3-9-18/h4-7,10H,2-3,8-9,11H2,1H3,(H,21,22)/b7-6+. The van der Waals surface area contributed by atoms with Gasteiger partial charge in [-0.1, -0.05) is 28.1 Å². The fraction of sp³-hybridized carbons (Fsp3) is 0.389. The van der Waals surface area contributed by atoms with Gasteiger partial charge in [0.1, 0.15) is 5.54 Å². The van der Waals surface area contributed by atoms with Crippen LogP contribution in [-0.4, -0.2) is 24.0 Å². The van der Waals surface area contributed by atoms with Crippen LogP contribution in [0.5, 0.6) is 0 Å². The predicted octanol–water partition coefficient (Wildman–Crippen LogP) is 3.27. The second-order valence-corrected chi connectivity index (χ2v) is 6.77. The van der Waals surface area contributed by atoms with Gasteiger partial charge in [0.2, 0.25) is 0 Å². The molecular weight excluding hydrogens is 372 g/mol. The lowest BCUT2D eigenvalue weighted by atomic mass is 10.00. The van der Waals surface area contributed by atoms with Crippen LogP contribution in [0.3, 0.4) is 0 Å². The Bertz CT molecular complexity index is 701. The predicted molar refractivity (Wildman–Crippen MR) is 93.8 cm³/mol. The molecule has 0 heterocycles. The zero-order chi connectivity index (χ0) is 17.6. The van der Waals surface area contributed by atoms with E-state index in [2.05, 4.69) is 27.3 Å². The lowest BCUT2D eigenvalue weighted by Crippen LogP contribution is -2.46. The van der Waals surface area contributed by atoms with Crippen molar-refractivity contribution in [3.8, 4) is 6.07 Å². The molecule has 0 saturated heterocycles. The second-order valence-electron chi connectivity index (χ2n) is 5.92. The Hall–Kier alpha value is -2.13. The van der Waals surface area contributed by atoms with Gasteiger partial charge in [-0.3, -0.25) is 4.79 Å². The monoisotopic (exact) mass is 390 g/mol. The molecule has 126 valence electrons. The van der Waals surface area contributed by atoms with Gasteiger partial charge in [0, 0.05) is 10.5 Å². The number of nitriles is 1. The van der Waals surface area contributed by atoms with Crippen molar-refractivity contribution in [1.29, 1.82) is 5.26 Å². The molecular formula is C18H19BrN2O3. The lowest BCUT2D eigenvalue weighted by Gasteiger charge is -2.21. The summed E-state index contributed by atoms with van der Waals surface area (Å²) in [4.78, 5) is 23.6. The Morgan fingerprint density at radius 2 is 2.12 bits per heavy atom. The van der Waals surface area contributed by atoms with Crippen molar-refractivity contribution in [2.45, 2.75) is 38.1 Å². The Balaban J connectivity index is 1.83. The first-order valence-electron chi connectivity index (χ1n) is 7.77. The molecule has 24 heavy (non-hydrogen) atoms. The summed E-state index contributed by atoms with van der Waals surface area (Å²) in [6.45, 7) is 1.59. The molecule has 1 aromatic carbocycles. The SMILES string of the molecule is Cc1ccc(/C=C/C(=O)OCC(=O)NC2(C#N)CCCC2)c(Br)c1. The molecule has 1 fully saturated rings. The van der Waals surface area contributed by atoms with E-state index in [-0.39, 0.29) is 6.61 Å². The highest BCUT2D eigenvalue weighted by atomic mass is 79.9. The van der Waals surface area contributed by atoms with E-state index in [1.54, 1.807) is 6.08 Å². The molecule has 1 aliphatic carbocycles. The van der Waals surface area contributed by atoms with E-state index >= 15 is 0 Å². The van der Waals surface area contributed by atoms with Gasteiger partial charge < -0.3 is 10.1 Å². The average molecular weight is 391 g/mol. The Morgan fingerprint density at radius 3 is 2.75 bits per heavy atom. The smallest absolute Gasteiger partial charge is 0.331 e. The summed E-state index contributed by atoms with van der Waals surface area (Å²) in [6, 6.07) is 7.93. The van der Waals surface area contributed by atoms with Crippen LogP contribution in [0, 0.1) is 18.3 Å². The fourth-order valence-electron chi connectivity index (χ4n) is 2.66. The van der Waals surface area contributed by atoms with E-state index in [9.17, 15) is 14.9 Å². The van der Waals surface area contributed by atoms with Gasteiger partial charge in [-0.15, -0.1) is 0 Å². The van der Waals surface area contributed by atoms with Crippen molar-refractivity contribution in [1.82, 2.24) is 5.32 Å². The number of aryl methyl sites for hydroxylation is 1. The molecule has 0 radical (unpaired) electrons. The minimum atomic E-state index is -0.800. The minimum Gasteiger partial charge on any atom is -0.452 e. The molecule has 0 spiro atoms. The molecule has 6 heteroatoms. The van der Waals surface area contributed by atoms with Gasteiger partial charge in [0.25, 0.3) is 5.91 Å². The van der Waals surface area contributed by atoms with Gasteiger partial charge in [0.15, 0.2) is 6.61 Å². The van der Waals surface area contributed by atoms with Gasteiger partial charge in [-0.05, 0) is 55.9 Å². The third-order valence-corrected chi connectivity index (χ3v) is 4.64. The molecule has 1 amide bonds. The van der Waals surface area contributed by atoms with E-state index < -0.39 is 17.4 Å². The number of esters is 1. The summed E-state index contributed by atoms with van der Waals surface area (Å²) in [6.07, 6.45) is 6.02. The quantitative estimate of drug-likeness (QED) is 0.617. The van der Waals surface area contributed by atoms with Gasteiger partial charge in [0.05, 0.1) is 6.07 Å². The normalized spacial score (nSPS) is 15.9. The maximum absolute atomic E-state index is 11.9. The molecule has 5 nitrogen and oxygen atoms in total. The summed E-state index contributed by atoms with van der Waals surface area (Å²) in [5.74, 6) is -1.05. The van der Waals surface area contributed by atoms with E-state index in [1.165, 1.54) is 6.08 Å². The lowest BCUT2D eigenvalue weighted by molar-refractivity contribution is -0.144. The van der Waals surface area contributed by atoms with Crippen LogP contribution in [0.15, 0.2) is 28.7 Å². The molecule has 1 saturated carbocycles. The summed E-state index contributed by atoms with van der Waals surface area (Å²) >= 11 is 3.42. The number of nitrogens with zero attached hydrogens (tertiary/aromatic N) is 1. The topological polar surface area (TPSA) is 79.2 Å². The van der Waals surface area contributed by atoms with Crippen molar-refractivity contribution < 1.29 is 14.3 Å². The molecule has 1 N–H and O–H groups in total. The number of hydrogen-bond donors (Lipinski definition) is 1. The first-order chi connectivity index (χ1) is 11.4. The number of halogens is 1. The number of benzene rings is 1. The maximum Gasteiger partial charge on any atom is 0.331 e. The third-order valence-electron chi connectivity index (χ3n) is 3.95. The van der Waals surface area contributed by atoms with Gasteiger partial charge in [-0.2, -0.15) is 5.26 Å². The molecule has 1 aromatic rings. The van der Waals surface area contributed by atoms with E-state index in [0.717, 1.165) is 28.4 Å². The Labute approximate surface area is 149 Å². The van der Waals surface area contributed by atoms with Crippen molar-refractivity contribution >= 4 is 33.9 Å². The van der Waals surface area contributed by atoms with Crippen LogP contribution < -0.4 is 5.32 Å². The zero-order valence-corrected chi connectivity index (χ0v) is 15.1. The highest BCUT2D eigenvalue weighted by Crippen LogP contribution is 2.28. The Morgan fingerprint density at radius 1 is 1.42 bits per heavy atom. The van der Waals surface area contributed by atoms with Crippen LogP contribution >= 0.6 is 15.9 Å². The molecule has 1 aliphatic rings. The van der Waals surface area contributed by atoms with Crippen LogP contribution in [-0.2, 0) is 14.3 Å². The number of carbonyl (C=O) groups excluding carboxylic acids is 2.